The van der Waals surface area contributed by atoms with Crippen molar-refractivity contribution in [3.8, 4) is 11.5 Å². The minimum Gasteiger partial charge on any atom is -0.497 e. The van der Waals surface area contributed by atoms with E-state index in [0.29, 0.717) is 53.3 Å². The van der Waals surface area contributed by atoms with Gasteiger partial charge in [-0.15, -0.1) is 0 Å². The number of hydrogen-bond donors (Lipinski definition) is 3. The number of carboxylic acid groups (broad SMARTS) is 1. The maximum atomic E-state index is 14.3. The van der Waals surface area contributed by atoms with Crippen molar-refractivity contribution in [2.45, 2.75) is 50.1 Å². The van der Waals surface area contributed by atoms with Crippen LogP contribution in [0.25, 0.3) is 0 Å². The number of methoxy groups -OCH3 is 2. The second-order valence-corrected chi connectivity index (χ2v) is 11.4. The minimum absolute atomic E-state index is 0.231. The first-order valence-electron chi connectivity index (χ1n) is 14.9. The molecule has 11 heteroatoms. The third-order valence-corrected chi connectivity index (χ3v) is 8.97. The Hall–Kier alpha value is -5.06. The predicted octanol–water partition coefficient (Wildman–Crippen LogP) is 4.95. The van der Waals surface area contributed by atoms with Crippen LogP contribution in [-0.4, -0.2) is 72.7 Å². The highest BCUT2D eigenvalue weighted by atomic mass is 16.5. The molecule has 2 aliphatic rings. The number of anilines is 1. The van der Waals surface area contributed by atoms with Crippen LogP contribution >= 0.6 is 0 Å². The number of urea groups is 1. The molecule has 1 saturated heterocycles. The molecule has 0 spiro atoms. The fourth-order valence-electron chi connectivity index (χ4n) is 6.75. The highest BCUT2D eigenvalue weighted by Gasteiger charge is 2.50. The van der Waals surface area contributed by atoms with Crippen LogP contribution in [0.2, 0.25) is 0 Å². The van der Waals surface area contributed by atoms with Crippen LogP contribution in [0, 0.1) is 0 Å². The molecule has 11 nitrogen and oxygen atoms in total. The summed E-state index contributed by atoms with van der Waals surface area (Å²) in [5.41, 5.74) is 2.92. The number of carbonyl (C=O) groups excluding carboxylic acids is 3. The number of amides is 5. The minimum atomic E-state index is -1.48. The van der Waals surface area contributed by atoms with Gasteiger partial charge in [0.05, 0.1) is 25.7 Å². The van der Waals surface area contributed by atoms with Crippen LogP contribution in [0.15, 0.2) is 66.7 Å². The lowest BCUT2D eigenvalue weighted by atomic mass is 9.80. The van der Waals surface area contributed by atoms with E-state index in [-0.39, 0.29) is 12.1 Å². The first-order chi connectivity index (χ1) is 21.6. The number of likely N-dealkylation sites (tertiary alicyclic amines) is 1. The fraction of sp³-hybridized carbons (Fsp3) is 0.353. The fourth-order valence-corrected chi connectivity index (χ4v) is 6.75. The molecule has 0 aromatic heterocycles. The van der Waals surface area contributed by atoms with Crippen LogP contribution in [0.4, 0.5) is 15.3 Å². The number of benzene rings is 3. The van der Waals surface area contributed by atoms with Crippen LogP contribution < -0.4 is 20.1 Å². The molecule has 0 bridgehead atoms. The summed E-state index contributed by atoms with van der Waals surface area (Å²) >= 11 is 0. The van der Waals surface area contributed by atoms with Gasteiger partial charge in [-0.05, 0) is 91.3 Å². The molecule has 3 aromatic rings. The zero-order valence-corrected chi connectivity index (χ0v) is 25.8. The van der Waals surface area contributed by atoms with E-state index in [0.717, 1.165) is 16.7 Å². The smallest absolute Gasteiger partial charge is 0.414 e. The first kappa shape index (κ1) is 31.4. The summed E-state index contributed by atoms with van der Waals surface area (Å²) in [6, 6.07) is 19.6. The summed E-state index contributed by atoms with van der Waals surface area (Å²) < 4.78 is 10.8. The Bertz CT molecular complexity index is 1540. The monoisotopic (exact) mass is 614 g/mol. The normalized spacial score (nSPS) is 18.1. The predicted molar refractivity (Wildman–Crippen MR) is 168 cm³/mol. The summed E-state index contributed by atoms with van der Waals surface area (Å²) in [7, 11) is 4.69. The quantitative estimate of drug-likeness (QED) is 0.327. The lowest BCUT2D eigenvalue weighted by molar-refractivity contribution is -0.143. The van der Waals surface area contributed by atoms with Crippen LogP contribution in [0.3, 0.4) is 0 Å². The van der Waals surface area contributed by atoms with Gasteiger partial charge < -0.3 is 30.1 Å². The largest absolute Gasteiger partial charge is 0.497 e. The molecule has 1 aliphatic carbocycles. The number of nitrogens with zero attached hydrogens (tertiary/aromatic N) is 2. The molecule has 5 amide bonds. The maximum absolute atomic E-state index is 14.3. The molecule has 3 N–H and O–H groups in total. The summed E-state index contributed by atoms with van der Waals surface area (Å²) in [6.45, 7) is 1.33. The molecular weight excluding hydrogens is 576 g/mol. The molecule has 2 atom stereocenters. The molecule has 3 aromatic carbocycles. The van der Waals surface area contributed by atoms with Crippen LogP contribution in [-0.2, 0) is 21.5 Å². The second kappa shape index (κ2) is 12.9. The average Bonchev–Trinajstić information content (AvgIpc) is 3.64. The lowest BCUT2D eigenvalue weighted by Crippen LogP contribution is -2.53. The molecule has 236 valence electrons. The van der Waals surface area contributed by atoms with E-state index in [4.69, 9.17) is 9.47 Å². The topological polar surface area (TPSA) is 138 Å². The van der Waals surface area contributed by atoms with E-state index in [2.05, 4.69) is 10.6 Å². The molecule has 45 heavy (non-hydrogen) atoms. The SMILES string of the molecule is CNC(=O)Nc1ccc2c(c1)CC[C@@H]2C(=O)N(CC(=O)N1C(C)CCC1(c1ccc(OC)cc1)c1ccc(OC)cc1)C(=O)O. The third kappa shape index (κ3) is 5.90. The van der Waals surface area contributed by atoms with Gasteiger partial charge in [-0.25, -0.2) is 14.5 Å². The average molecular weight is 615 g/mol. The Morgan fingerprint density at radius 3 is 2.07 bits per heavy atom. The molecule has 5 rings (SSSR count). The van der Waals surface area contributed by atoms with Crippen molar-refractivity contribution in [2.75, 3.05) is 33.1 Å². The number of aryl methyl sites for hydroxylation is 1. The van der Waals surface area contributed by atoms with E-state index in [1.165, 1.54) is 7.05 Å². The van der Waals surface area contributed by atoms with Crippen LogP contribution in [0.1, 0.15) is 54.4 Å². The second-order valence-electron chi connectivity index (χ2n) is 11.4. The van der Waals surface area contributed by atoms with Crippen molar-refractivity contribution in [2.24, 2.45) is 0 Å². The van der Waals surface area contributed by atoms with Gasteiger partial charge in [0.25, 0.3) is 0 Å². The number of fused-ring (bicyclic) bond motifs is 1. The molecule has 1 unspecified atom stereocenters. The number of nitrogens with one attached hydrogen (secondary N) is 2. The van der Waals surface area contributed by atoms with E-state index in [1.54, 1.807) is 37.3 Å². The molecule has 1 aliphatic heterocycles. The van der Waals surface area contributed by atoms with Crippen molar-refractivity contribution in [1.82, 2.24) is 15.1 Å². The summed E-state index contributed by atoms with van der Waals surface area (Å²) in [6.07, 6.45) is 0.732. The number of hydrogen-bond acceptors (Lipinski definition) is 6. The van der Waals surface area contributed by atoms with Crippen molar-refractivity contribution in [3.63, 3.8) is 0 Å². The van der Waals surface area contributed by atoms with Gasteiger partial charge in [0, 0.05) is 18.8 Å². The Labute approximate surface area is 262 Å². The van der Waals surface area contributed by atoms with Crippen molar-refractivity contribution in [1.29, 1.82) is 0 Å². The standard InChI is InChI=1S/C34H38N4O7/c1-21-17-18-34(23-6-11-26(44-3)12-7-23,24-8-13-27(45-4)14-9-24)38(21)30(39)20-37(33(42)43)31(40)29-15-5-22-19-25(10-16-28(22)29)36-32(41)35-2/h6-14,16,19,21,29H,5,15,17-18,20H2,1-4H3,(H,42,43)(H2,35,36,41)/t21?,29-/m0/s1. The van der Waals surface area contributed by atoms with Crippen molar-refractivity contribution in [3.05, 3.63) is 89.0 Å². The van der Waals surface area contributed by atoms with Gasteiger partial charge in [0.15, 0.2) is 0 Å². The number of imide groups is 1. The maximum Gasteiger partial charge on any atom is 0.414 e. The highest BCUT2D eigenvalue weighted by Crippen LogP contribution is 2.48. The van der Waals surface area contributed by atoms with Gasteiger partial charge in [-0.2, -0.15) is 0 Å². The summed E-state index contributed by atoms with van der Waals surface area (Å²) in [4.78, 5) is 54.8. The third-order valence-electron chi connectivity index (χ3n) is 8.97. The van der Waals surface area contributed by atoms with Gasteiger partial charge in [0.1, 0.15) is 18.0 Å². The molecule has 0 saturated carbocycles. The zero-order valence-electron chi connectivity index (χ0n) is 25.8. The van der Waals surface area contributed by atoms with Crippen LogP contribution in [0.5, 0.6) is 11.5 Å². The van der Waals surface area contributed by atoms with E-state index in [9.17, 15) is 24.3 Å². The zero-order chi connectivity index (χ0) is 32.3. The Kier molecular flexibility index (Phi) is 8.99. The highest BCUT2D eigenvalue weighted by molar-refractivity contribution is 5.99. The number of carbonyl (C=O) groups is 4. The Morgan fingerprint density at radius 1 is 0.933 bits per heavy atom. The number of ether oxygens (including phenoxy) is 2. The van der Waals surface area contributed by atoms with Gasteiger partial charge in [0.2, 0.25) is 11.8 Å². The Balaban J connectivity index is 1.46. The van der Waals surface area contributed by atoms with E-state index >= 15 is 0 Å². The molecule has 0 radical (unpaired) electrons. The van der Waals surface area contributed by atoms with Crippen molar-refractivity contribution >= 4 is 29.6 Å². The van der Waals surface area contributed by atoms with Gasteiger partial charge in [-0.1, -0.05) is 30.3 Å². The first-order valence-corrected chi connectivity index (χ1v) is 14.9. The van der Waals surface area contributed by atoms with E-state index < -0.39 is 35.9 Å². The van der Waals surface area contributed by atoms with Crippen molar-refractivity contribution < 1.29 is 33.8 Å². The number of rotatable bonds is 8. The molecule has 1 heterocycles. The Morgan fingerprint density at radius 2 is 1.53 bits per heavy atom. The molecule has 1 fully saturated rings. The molecular formula is C34H38N4O7. The summed E-state index contributed by atoms with van der Waals surface area (Å²) in [5.74, 6) is -0.493. The lowest BCUT2D eigenvalue weighted by Gasteiger charge is -2.42. The summed E-state index contributed by atoms with van der Waals surface area (Å²) in [5, 5.41) is 15.4. The van der Waals surface area contributed by atoms with Gasteiger partial charge >= 0.3 is 12.1 Å². The van der Waals surface area contributed by atoms with E-state index in [1.807, 2.05) is 55.5 Å². The van der Waals surface area contributed by atoms with Gasteiger partial charge in [-0.3, -0.25) is 9.59 Å².